The number of nitrogens with zero attached hydrogens (tertiary/aromatic N) is 1. The Morgan fingerprint density at radius 1 is 1.47 bits per heavy atom. The first-order valence-electron chi connectivity index (χ1n) is 5.28. The number of halogens is 1. The molecule has 0 aliphatic rings. The molecule has 0 saturated carbocycles. The second-order valence-electron chi connectivity index (χ2n) is 4.08. The monoisotopic (exact) mass is 237 g/mol. The molecule has 1 aromatic heterocycles. The van der Waals surface area contributed by atoms with Crippen molar-refractivity contribution in [3.63, 3.8) is 0 Å². The Morgan fingerprint density at radius 2 is 2.18 bits per heavy atom. The van der Waals surface area contributed by atoms with Gasteiger partial charge in [-0.3, -0.25) is 4.79 Å². The zero-order valence-corrected chi connectivity index (χ0v) is 9.48. The van der Waals surface area contributed by atoms with Crippen molar-refractivity contribution in [3.05, 3.63) is 29.9 Å². The zero-order valence-electron chi connectivity index (χ0n) is 9.48. The van der Waals surface area contributed by atoms with Gasteiger partial charge in [0.25, 0.3) is 0 Å². The summed E-state index contributed by atoms with van der Waals surface area (Å²) in [5.74, 6) is -1.95. The van der Waals surface area contributed by atoms with Crippen molar-refractivity contribution >= 4 is 17.1 Å². The van der Waals surface area contributed by atoms with E-state index in [9.17, 15) is 9.18 Å². The van der Waals surface area contributed by atoms with Gasteiger partial charge in [0.15, 0.2) is 11.5 Å². The summed E-state index contributed by atoms with van der Waals surface area (Å²) in [6, 6.07) is 4.03. The van der Waals surface area contributed by atoms with E-state index in [1.54, 1.807) is 13.8 Å². The van der Waals surface area contributed by atoms with Gasteiger partial charge in [-0.05, 0) is 12.1 Å². The molecule has 2 atom stereocenters. The van der Waals surface area contributed by atoms with Gasteiger partial charge in [0.1, 0.15) is 11.3 Å². The number of benzene rings is 1. The summed E-state index contributed by atoms with van der Waals surface area (Å²) in [6.45, 7) is 3.31. The predicted molar refractivity (Wildman–Crippen MR) is 59.2 cm³/mol. The number of fused-ring (bicyclic) bond motifs is 1. The lowest BCUT2D eigenvalue weighted by Crippen LogP contribution is -2.16. The largest absolute Gasteiger partial charge is 0.481 e. The van der Waals surface area contributed by atoms with E-state index >= 15 is 0 Å². The Hall–Kier alpha value is -1.91. The van der Waals surface area contributed by atoms with Crippen LogP contribution < -0.4 is 0 Å². The van der Waals surface area contributed by atoms with Crippen LogP contribution >= 0.6 is 0 Å². The number of carbonyl (C=O) groups is 1. The van der Waals surface area contributed by atoms with E-state index in [1.165, 1.54) is 18.2 Å². The Kier molecular flexibility index (Phi) is 2.83. The lowest BCUT2D eigenvalue weighted by atomic mass is 9.96. The van der Waals surface area contributed by atoms with Crippen molar-refractivity contribution in [2.24, 2.45) is 5.92 Å². The van der Waals surface area contributed by atoms with Gasteiger partial charge in [-0.2, -0.15) is 0 Å². The Labute approximate surface area is 97.1 Å². The summed E-state index contributed by atoms with van der Waals surface area (Å²) in [6.07, 6.45) is 0. The molecule has 90 valence electrons. The van der Waals surface area contributed by atoms with Crippen LogP contribution in [-0.2, 0) is 4.79 Å². The van der Waals surface area contributed by atoms with Crippen LogP contribution in [0.15, 0.2) is 22.6 Å². The molecule has 5 heteroatoms. The van der Waals surface area contributed by atoms with Gasteiger partial charge in [-0.1, -0.05) is 13.8 Å². The van der Waals surface area contributed by atoms with Crippen molar-refractivity contribution in [1.82, 2.24) is 4.98 Å². The number of oxazole rings is 1. The van der Waals surface area contributed by atoms with Gasteiger partial charge in [-0.25, -0.2) is 9.37 Å². The Balaban J connectivity index is 2.39. The molecule has 2 aromatic rings. The smallest absolute Gasteiger partial charge is 0.307 e. The third-order valence-corrected chi connectivity index (χ3v) is 2.90. The molecule has 4 nitrogen and oxygen atoms in total. The number of aliphatic carboxylic acids is 1. The Morgan fingerprint density at radius 3 is 2.82 bits per heavy atom. The summed E-state index contributed by atoms with van der Waals surface area (Å²) < 4.78 is 18.4. The van der Waals surface area contributed by atoms with Crippen molar-refractivity contribution < 1.29 is 18.7 Å². The third kappa shape index (κ3) is 2.13. The van der Waals surface area contributed by atoms with Gasteiger partial charge >= 0.3 is 5.97 Å². The summed E-state index contributed by atoms with van der Waals surface area (Å²) in [7, 11) is 0. The van der Waals surface area contributed by atoms with E-state index in [4.69, 9.17) is 9.52 Å². The van der Waals surface area contributed by atoms with E-state index in [2.05, 4.69) is 4.98 Å². The average Bonchev–Trinajstić information content (AvgIpc) is 2.69. The van der Waals surface area contributed by atoms with Crippen molar-refractivity contribution in [2.45, 2.75) is 19.8 Å². The lowest BCUT2D eigenvalue weighted by Gasteiger charge is -2.11. The van der Waals surface area contributed by atoms with Crippen molar-refractivity contribution in [2.75, 3.05) is 0 Å². The van der Waals surface area contributed by atoms with Gasteiger partial charge in [-0.15, -0.1) is 0 Å². The van der Waals surface area contributed by atoms with Crippen molar-refractivity contribution in [3.8, 4) is 0 Å². The van der Waals surface area contributed by atoms with Gasteiger partial charge < -0.3 is 9.52 Å². The second-order valence-corrected chi connectivity index (χ2v) is 4.08. The van der Waals surface area contributed by atoms with Crippen LogP contribution in [-0.4, -0.2) is 16.1 Å². The van der Waals surface area contributed by atoms with E-state index in [1.807, 2.05) is 0 Å². The van der Waals surface area contributed by atoms with E-state index < -0.39 is 17.7 Å². The topological polar surface area (TPSA) is 63.3 Å². The molecule has 1 aromatic carbocycles. The fourth-order valence-electron chi connectivity index (χ4n) is 1.54. The first-order chi connectivity index (χ1) is 7.99. The molecule has 0 amide bonds. The molecule has 0 bridgehead atoms. The molecule has 2 rings (SSSR count). The molecule has 0 saturated heterocycles. The summed E-state index contributed by atoms with van der Waals surface area (Å²) >= 11 is 0. The number of carboxylic acid groups (broad SMARTS) is 1. The first-order valence-corrected chi connectivity index (χ1v) is 5.28. The highest BCUT2D eigenvalue weighted by molar-refractivity contribution is 5.73. The highest BCUT2D eigenvalue weighted by Crippen LogP contribution is 2.27. The molecule has 0 radical (unpaired) electrons. The van der Waals surface area contributed by atoms with Crippen LogP contribution in [0.5, 0.6) is 0 Å². The van der Waals surface area contributed by atoms with Crippen LogP contribution in [0.25, 0.3) is 11.1 Å². The fraction of sp³-hybridized carbons (Fsp3) is 0.333. The minimum atomic E-state index is -0.911. The molecule has 2 unspecified atom stereocenters. The van der Waals surface area contributed by atoms with Crippen LogP contribution in [0, 0.1) is 11.7 Å². The highest BCUT2D eigenvalue weighted by Gasteiger charge is 2.25. The molecule has 0 spiro atoms. The molecular formula is C12H12FNO3. The fourth-order valence-corrected chi connectivity index (χ4v) is 1.54. The Bertz CT molecular complexity index is 564. The number of aromatic nitrogens is 1. The standard InChI is InChI=1S/C12H12FNO3/c1-6(7(2)12(15)16)11-14-9-5-8(13)3-4-10(9)17-11/h3-7H,1-2H3,(H,15,16). The van der Waals surface area contributed by atoms with Crippen LogP contribution in [0.4, 0.5) is 4.39 Å². The predicted octanol–water partition coefficient (Wildman–Crippen LogP) is 2.79. The number of rotatable bonds is 3. The van der Waals surface area contributed by atoms with E-state index in [-0.39, 0.29) is 5.92 Å². The van der Waals surface area contributed by atoms with Crippen LogP contribution in [0.2, 0.25) is 0 Å². The zero-order chi connectivity index (χ0) is 12.6. The van der Waals surface area contributed by atoms with Gasteiger partial charge in [0.05, 0.1) is 5.92 Å². The molecule has 0 fully saturated rings. The van der Waals surface area contributed by atoms with Gasteiger partial charge in [0.2, 0.25) is 0 Å². The van der Waals surface area contributed by atoms with E-state index in [0.29, 0.717) is 17.0 Å². The first kappa shape index (κ1) is 11.6. The molecule has 0 aliphatic carbocycles. The lowest BCUT2D eigenvalue weighted by molar-refractivity contribution is -0.141. The molecule has 1 heterocycles. The highest BCUT2D eigenvalue weighted by atomic mass is 19.1. The number of carboxylic acids is 1. The van der Waals surface area contributed by atoms with Crippen molar-refractivity contribution in [1.29, 1.82) is 0 Å². The number of hydrogen-bond donors (Lipinski definition) is 1. The van der Waals surface area contributed by atoms with Crippen LogP contribution in [0.1, 0.15) is 25.7 Å². The SMILES string of the molecule is CC(C(=O)O)C(C)c1nc2cc(F)ccc2o1. The second kappa shape index (κ2) is 4.16. The van der Waals surface area contributed by atoms with Gasteiger partial charge in [0, 0.05) is 12.0 Å². The normalized spacial score (nSPS) is 14.8. The summed E-state index contributed by atoms with van der Waals surface area (Å²) in [5, 5.41) is 8.90. The average molecular weight is 237 g/mol. The third-order valence-electron chi connectivity index (χ3n) is 2.90. The minimum Gasteiger partial charge on any atom is -0.481 e. The molecule has 1 N–H and O–H groups in total. The minimum absolute atomic E-state index is 0.320. The molecular weight excluding hydrogens is 225 g/mol. The maximum absolute atomic E-state index is 13.0. The maximum Gasteiger partial charge on any atom is 0.307 e. The molecule has 0 aliphatic heterocycles. The quantitative estimate of drug-likeness (QED) is 0.891. The summed E-state index contributed by atoms with van der Waals surface area (Å²) in [4.78, 5) is 15.0. The maximum atomic E-state index is 13.0. The summed E-state index contributed by atoms with van der Waals surface area (Å²) in [5.41, 5.74) is 0.871. The molecule has 17 heavy (non-hydrogen) atoms. The van der Waals surface area contributed by atoms with Crippen LogP contribution in [0.3, 0.4) is 0 Å². The number of hydrogen-bond acceptors (Lipinski definition) is 3. The van der Waals surface area contributed by atoms with E-state index in [0.717, 1.165) is 0 Å².